The molecule has 0 aliphatic carbocycles. The van der Waals surface area contributed by atoms with Crippen LogP contribution in [0.15, 0.2) is 42.5 Å². The van der Waals surface area contributed by atoms with Gasteiger partial charge >= 0.3 is 11.9 Å². The van der Waals surface area contributed by atoms with Gasteiger partial charge in [0.15, 0.2) is 11.5 Å². The van der Waals surface area contributed by atoms with E-state index in [0.29, 0.717) is 41.5 Å². The normalized spacial score (nSPS) is 15.4. The first-order valence-electron chi connectivity index (χ1n) is 10.2. The zero-order chi connectivity index (χ0) is 24.0. The van der Waals surface area contributed by atoms with Crippen LogP contribution in [0.1, 0.15) is 28.8 Å². The Morgan fingerprint density at radius 2 is 1.73 bits per heavy atom. The Kier molecular flexibility index (Phi) is 7.95. The van der Waals surface area contributed by atoms with Crippen molar-refractivity contribution in [1.82, 2.24) is 4.90 Å². The predicted molar refractivity (Wildman–Crippen MR) is 122 cm³/mol. The highest BCUT2D eigenvalue weighted by molar-refractivity contribution is 6.31. The summed E-state index contributed by atoms with van der Waals surface area (Å²) in [5, 5.41) is 0.392. The molecule has 2 aromatic rings. The molecule has 0 saturated carbocycles. The van der Waals surface area contributed by atoms with Crippen molar-refractivity contribution in [3.63, 3.8) is 0 Å². The summed E-state index contributed by atoms with van der Waals surface area (Å²) < 4.78 is 20.8. The molecule has 1 unspecified atom stereocenters. The van der Waals surface area contributed by atoms with Crippen LogP contribution in [0.2, 0.25) is 5.02 Å². The number of halogens is 1. The number of hydrogen-bond acceptors (Lipinski definition) is 7. The lowest BCUT2D eigenvalue weighted by molar-refractivity contribution is -0.138. The van der Waals surface area contributed by atoms with Crippen LogP contribution in [0.4, 0.5) is 0 Å². The Morgan fingerprint density at radius 3 is 2.42 bits per heavy atom. The van der Waals surface area contributed by atoms with Gasteiger partial charge in [0.1, 0.15) is 11.8 Å². The highest BCUT2D eigenvalue weighted by Crippen LogP contribution is 2.32. The highest BCUT2D eigenvalue weighted by Gasteiger charge is 2.37. The van der Waals surface area contributed by atoms with Gasteiger partial charge in [0.25, 0.3) is 5.91 Å². The Labute approximate surface area is 196 Å². The van der Waals surface area contributed by atoms with Crippen molar-refractivity contribution >= 4 is 35.5 Å². The van der Waals surface area contributed by atoms with Crippen molar-refractivity contribution in [3.05, 3.63) is 58.6 Å². The molecular formula is C24H24ClNO7. The summed E-state index contributed by atoms with van der Waals surface area (Å²) in [7, 11) is 4.19. The van der Waals surface area contributed by atoms with Crippen molar-refractivity contribution in [3.8, 4) is 17.2 Å². The Balaban J connectivity index is 1.78. The van der Waals surface area contributed by atoms with E-state index in [1.165, 1.54) is 38.4 Å². The molecule has 1 fully saturated rings. The van der Waals surface area contributed by atoms with E-state index in [4.69, 9.17) is 25.8 Å². The van der Waals surface area contributed by atoms with Gasteiger partial charge in [-0.25, -0.2) is 9.59 Å². The molecule has 1 atom stereocenters. The molecule has 0 radical (unpaired) electrons. The first-order valence-corrected chi connectivity index (χ1v) is 10.6. The van der Waals surface area contributed by atoms with E-state index in [2.05, 4.69) is 4.74 Å². The number of nitrogens with zero attached hydrogens (tertiary/aromatic N) is 1. The maximum atomic E-state index is 13.2. The number of esters is 2. The van der Waals surface area contributed by atoms with Gasteiger partial charge in [0.2, 0.25) is 0 Å². The summed E-state index contributed by atoms with van der Waals surface area (Å²) in [5.74, 6) is -0.533. The fraction of sp³-hybridized carbons (Fsp3) is 0.292. The number of benzene rings is 2. The summed E-state index contributed by atoms with van der Waals surface area (Å²) >= 11 is 6.06. The lowest BCUT2D eigenvalue weighted by Gasteiger charge is -2.24. The summed E-state index contributed by atoms with van der Waals surface area (Å²) in [6.07, 6.45) is 3.95. The fourth-order valence-corrected chi connectivity index (χ4v) is 3.71. The zero-order valence-electron chi connectivity index (χ0n) is 18.5. The molecule has 174 valence electrons. The zero-order valence-corrected chi connectivity index (χ0v) is 19.3. The third kappa shape index (κ3) is 5.64. The molecule has 1 heterocycles. The van der Waals surface area contributed by atoms with Gasteiger partial charge in [-0.2, -0.15) is 0 Å². The van der Waals surface area contributed by atoms with E-state index in [1.807, 2.05) is 0 Å². The highest BCUT2D eigenvalue weighted by atomic mass is 35.5. The summed E-state index contributed by atoms with van der Waals surface area (Å²) in [4.78, 5) is 38.9. The van der Waals surface area contributed by atoms with Crippen LogP contribution >= 0.6 is 11.6 Å². The first-order chi connectivity index (χ1) is 15.9. The molecule has 8 nitrogen and oxygen atoms in total. The molecule has 2 aromatic carbocycles. The van der Waals surface area contributed by atoms with Gasteiger partial charge in [-0.05, 0) is 54.8 Å². The maximum absolute atomic E-state index is 13.2. The van der Waals surface area contributed by atoms with Gasteiger partial charge in [0, 0.05) is 17.6 Å². The van der Waals surface area contributed by atoms with Crippen molar-refractivity contribution in [2.24, 2.45) is 0 Å². The topological polar surface area (TPSA) is 91.4 Å². The Morgan fingerprint density at radius 1 is 1.00 bits per heavy atom. The van der Waals surface area contributed by atoms with Crippen LogP contribution in [-0.2, 0) is 14.3 Å². The van der Waals surface area contributed by atoms with E-state index in [1.54, 1.807) is 36.4 Å². The van der Waals surface area contributed by atoms with Crippen LogP contribution in [0.5, 0.6) is 17.2 Å². The molecule has 1 aliphatic rings. The Hall–Kier alpha value is -3.52. The van der Waals surface area contributed by atoms with Gasteiger partial charge in [-0.1, -0.05) is 17.7 Å². The molecular weight excluding hydrogens is 450 g/mol. The monoisotopic (exact) mass is 473 g/mol. The molecule has 1 saturated heterocycles. The standard InChI is InChI=1S/C24H24ClNO7/c1-30-19-10-8-16(25)14-17(19)23(28)26-12-4-5-18(26)24(29)33-20-9-6-15(13-21(20)31-2)7-11-22(27)32-3/h6-11,13-14,18H,4-5,12H2,1-3H3/b11-7+. The molecule has 9 heteroatoms. The lowest BCUT2D eigenvalue weighted by Crippen LogP contribution is -2.42. The summed E-state index contributed by atoms with van der Waals surface area (Å²) in [5.41, 5.74) is 0.937. The Bertz CT molecular complexity index is 1080. The molecule has 3 rings (SSSR count). The van der Waals surface area contributed by atoms with Gasteiger partial charge in [0.05, 0.1) is 26.9 Å². The maximum Gasteiger partial charge on any atom is 0.334 e. The molecule has 0 bridgehead atoms. The molecule has 0 aromatic heterocycles. The number of rotatable bonds is 7. The van der Waals surface area contributed by atoms with E-state index < -0.39 is 18.0 Å². The number of amides is 1. The van der Waals surface area contributed by atoms with Crippen LogP contribution in [0.3, 0.4) is 0 Å². The second kappa shape index (κ2) is 10.9. The van der Waals surface area contributed by atoms with E-state index in [0.717, 1.165) is 0 Å². The van der Waals surface area contributed by atoms with Crippen molar-refractivity contribution in [2.75, 3.05) is 27.9 Å². The van der Waals surface area contributed by atoms with E-state index in [-0.39, 0.29) is 17.2 Å². The van der Waals surface area contributed by atoms with Crippen molar-refractivity contribution in [1.29, 1.82) is 0 Å². The molecule has 33 heavy (non-hydrogen) atoms. The number of ether oxygens (including phenoxy) is 4. The molecule has 1 aliphatic heterocycles. The minimum absolute atomic E-state index is 0.206. The largest absolute Gasteiger partial charge is 0.496 e. The van der Waals surface area contributed by atoms with Gasteiger partial charge < -0.3 is 23.8 Å². The van der Waals surface area contributed by atoms with Gasteiger partial charge in [-0.3, -0.25) is 4.79 Å². The second-order valence-corrected chi connectivity index (χ2v) is 7.63. The molecule has 1 amide bonds. The average molecular weight is 474 g/mol. The van der Waals surface area contributed by atoms with Gasteiger partial charge in [-0.15, -0.1) is 0 Å². The number of hydrogen-bond donors (Lipinski definition) is 0. The van der Waals surface area contributed by atoms with Crippen LogP contribution in [0, 0.1) is 0 Å². The fourth-order valence-electron chi connectivity index (χ4n) is 3.54. The number of methoxy groups -OCH3 is 3. The minimum atomic E-state index is -0.759. The third-order valence-electron chi connectivity index (χ3n) is 5.19. The smallest absolute Gasteiger partial charge is 0.334 e. The van der Waals surface area contributed by atoms with Crippen LogP contribution in [-0.4, -0.2) is 56.7 Å². The number of carbonyl (C=O) groups is 3. The average Bonchev–Trinajstić information content (AvgIpc) is 3.32. The second-order valence-electron chi connectivity index (χ2n) is 7.19. The number of likely N-dealkylation sites (tertiary alicyclic amines) is 1. The summed E-state index contributed by atoms with van der Waals surface area (Å²) in [6, 6.07) is 8.85. The summed E-state index contributed by atoms with van der Waals surface area (Å²) in [6.45, 7) is 0.405. The molecule has 0 N–H and O–H groups in total. The SMILES string of the molecule is COC(=O)/C=C/c1ccc(OC(=O)C2CCCN2C(=O)c2cc(Cl)ccc2OC)c(OC)c1. The minimum Gasteiger partial charge on any atom is -0.496 e. The van der Waals surface area contributed by atoms with Crippen LogP contribution in [0.25, 0.3) is 6.08 Å². The lowest BCUT2D eigenvalue weighted by atomic mass is 10.1. The van der Waals surface area contributed by atoms with E-state index in [9.17, 15) is 14.4 Å². The van der Waals surface area contributed by atoms with E-state index >= 15 is 0 Å². The van der Waals surface area contributed by atoms with Crippen LogP contribution < -0.4 is 14.2 Å². The van der Waals surface area contributed by atoms with Crippen molar-refractivity contribution < 1.29 is 33.3 Å². The molecule has 0 spiro atoms. The predicted octanol–water partition coefficient (Wildman–Crippen LogP) is 3.75. The third-order valence-corrected chi connectivity index (χ3v) is 5.42. The quantitative estimate of drug-likeness (QED) is 0.343. The number of carbonyl (C=O) groups excluding carboxylic acids is 3. The first kappa shape index (κ1) is 24.1. The van der Waals surface area contributed by atoms with Crippen molar-refractivity contribution in [2.45, 2.75) is 18.9 Å².